The summed E-state index contributed by atoms with van der Waals surface area (Å²) in [6.45, 7) is 0. The van der Waals surface area contributed by atoms with Crippen molar-refractivity contribution < 1.29 is 4.79 Å². The Hall–Kier alpha value is -1.71. The van der Waals surface area contributed by atoms with Crippen molar-refractivity contribution in [2.75, 3.05) is 18.1 Å². The van der Waals surface area contributed by atoms with E-state index in [1.165, 1.54) is 32.1 Å². The first-order valence-electron chi connectivity index (χ1n) is 6.59. The summed E-state index contributed by atoms with van der Waals surface area (Å²) in [5.41, 5.74) is 7.87. The van der Waals surface area contributed by atoms with Crippen LogP contribution in [0.15, 0.2) is 18.2 Å². The van der Waals surface area contributed by atoms with Crippen LogP contribution in [-0.2, 0) is 0 Å². The summed E-state index contributed by atoms with van der Waals surface area (Å²) in [5, 5.41) is 6.13. The highest BCUT2D eigenvalue weighted by Crippen LogP contribution is 2.25. The predicted molar refractivity (Wildman–Crippen MR) is 74.7 cm³/mol. The van der Waals surface area contributed by atoms with E-state index in [2.05, 4.69) is 10.6 Å². The number of carbonyl (C=O) groups is 1. The van der Waals surface area contributed by atoms with E-state index in [0.29, 0.717) is 17.3 Å². The van der Waals surface area contributed by atoms with E-state index in [9.17, 15) is 4.79 Å². The molecule has 0 atom stereocenters. The van der Waals surface area contributed by atoms with Gasteiger partial charge >= 0.3 is 0 Å². The molecule has 1 saturated carbocycles. The number of rotatable bonds is 3. The second kappa shape index (κ2) is 5.76. The van der Waals surface area contributed by atoms with Crippen LogP contribution in [0.5, 0.6) is 0 Å². The van der Waals surface area contributed by atoms with Gasteiger partial charge in [0, 0.05) is 24.5 Å². The monoisotopic (exact) mass is 247 g/mol. The quantitative estimate of drug-likeness (QED) is 0.718. The van der Waals surface area contributed by atoms with E-state index in [4.69, 9.17) is 5.73 Å². The lowest BCUT2D eigenvalue weighted by Gasteiger charge is -2.25. The van der Waals surface area contributed by atoms with Gasteiger partial charge in [-0.2, -0.15) is 0 Å². The molecule has 18 heavy (non-hydrogen) atoms. The molecule has 2 rings (SSSR count). The average Bonchev–Trinajstić information content (AvgIpc) is 2.41. The minimum absolute atomic E-state index is 0.0967. The fraction of sp³-hybridized carbons (Fsp3) is 0.500. The number of amides is 1. The third-order valence-corrected chi connectivity index (χ3v) is 3.48. The number of anilines is 2. The first kappa shape index (κ1) is 12.7. The summed E-state index contributed by atoms with van der Waals surface area (Å²) >= 11 is 0. The Bertz CT molecular complexity index is 425. The Labute approximate surface area is 108 Å². The Morgan fingerprint density at radius 3 is 2.67 bits per heavy atom. The van der Waals surface area contributed by atoms with E-state index < -0.39 is 0 Å². The topological polar surface area (TPSA) is 67.2 Å². The highest BCUT2D eigenvalue weighted by Gasteiger charge is 2.16. The lowest BCUT2D eigenvalue weighted by molar-refractivity contribution is 0.0964. The summed E-state index contributed by atoms with van der Waals surface area (Å²) in [6, 6.07) is 5.93. The molecule has 1 aromatic rings. The summed E-state index contributed by atoms with van der Waals surface area (Å²) in [6.07, 6.45) is 6.21. The molecule has 4 heteroatoms. The van der Waals surface area contributed by atoms with E-state index in [-0.39, 0.29) is 5.91 Å². The summed E-state index contributed by atoms with van der Waals surface area (Å²) in [5.74, 6) is -0.0967. The van der Waals surface area contributed by atoms with Gasteiger partial charge in [0.25, 0.3) is 5.91 Å². The van der Waals surface area contributed by atoms with Crippen molar-refractivity contribution in [3.8, 4) is 0 Å². The van der Waals surface area contributed by atoms with Gasteiger partial charge in [0.05, 0.1) is 5.56 Å². The zero-order valence-electron chi connectivity index (χ0n) is 10.8. The third-order valence-electron chi connectivity index (χ3n) is 3.48. The maximum absolute atomic E-state index is 11.8. The van der Waals surface area contributed by atoms with Crippen LogP contribution in [-0.4, -0.2) is 19.0 Å². The molecule has 0 bridgehead atoms. The van der Waals surface area contributed by atoms with Crippen LogP contribution >= 0.6 is 0 Å². The van der Waals surface area contributed by atoms with Gasteiger partial charge in [0.2, 0.25) is 0 Å². The SMILES string of the molecule is CNC(=O)c1cc(N)ccc1NC1CCCCC1. The second-order valence-corrected chi connectivity index (χ2v) is 4.86. The van der Waals surface area contributed by atoms with Crippen LogP contribution in [0.1, 0.15) is 42.5 Å². The molecule has 98 valence electrons. The zero-order valence-corrected chi connectivity index (χ0v) is 10.8. The molecule has 0 saturated heterocycles. The number of hydrogen-bond donors (Lipinski definition) is 3. The molecule has 0 heterocycles. The fourth-order valence-corrected chi connectivity index (χ4v) is 2.48. The minimum Gasteiger partial charge on any atom is -0.399 e. The second-order valence-electron chi connectivity index (χ2n) is 4.86. The first-order chi connectivity index (χ1) is 8.70. The van der Waals surface area contributed by atoms with Gasteiger partial charge < -0.3 is 16.4 Å². The van der Waals surface area contributed by atoms with Crippen molar-refractivity contribution in [3.63, 3.8) is 0 Å². The zero-order chi connectivity index (χ0) is 13.0. The largest absolute Gasteiger partial charge is 0.399 e. The molecule has 4 nitrogen and oxygen atoms in total. The molecule has 0 radical (unpaired) electrons. The molecular weight excluding hydrogens is 226 g/mol. The number of carbonyl (C=O) groups excluding carboxylic acids is 1. The molecule has 1 amide bonds. The molecule has 1 aromatic carbocycles. The Morgan fingerprint density at radius 1 is 1.28 bits per heavy atom. The van der Waals surface area contributed by atoms with E-state index in [1.54, 1.807) is 13.1 Å². The highest BCUT2D eigenvalue weighted by atomic mass is 16.1. The summed E-state index contributed by atoms with van der Waals surface area (Å²) in [4.78, 5) is 11.8. The van der Waals surface area contributed by atoms with Crippen molar-refractivity contribution in [2.45, 2.75) is 38.1 Å². The first-order valence-corrected chi connectivity index (χ1v) is 6.59. The minimum atomic E-state index is -0.0967. The van der Waals surface area contributed by atoms with Crippen LogP contribution in [0.25, 0.3) is 0 Å². The number of nitrogens with one attached hydrogen (secondary N) is 2. The van der Waals surface area contributed by atoms with Gasteiger partial charge in [-0.05, 0) is 31.0 Å². The summed E-state index contributed by atoms with van der Waals surface area (Å²) in [7, 11) is 1.63. The number of hydrogen-bond acceptors (Lipinski definition) is 3. The van der Waals surface area contributed by atoms with E-state index >= 15 is 0 Å². The molecule has 4 N–H and O–H groups in total. The molecular formula is C14H21N3O. The fourth-order valence-electron chi connectivity index (χ4n) is 2.48. The van der Waals surface area contributed by atoms with Gasteiger partial charge in [0.15, 0.2) is 0 Å². The van der Waals surface area contributed by atoms with Crippen LogP contribution in [0.3, 0.4) is 0 Å². The van der Waals surface area contributed by atoms with E-state index in [0.717, 1.165) is 5.69 Å². The number of nitrogen functional groups attached to an aromatic ring is 1. The average molecular weight is 247 g/mol. The van der Waals surface area contributed by atoms with Crippen molar-refractivity contribution >= 4 is 17.3 Å². The number of nitrogens with two attached hydrogens (primary N) is 1. The Morgan fingerprint density at radius 2 is 2.00 bits per heavy atom. The van der Waals surface area contributed by atoms with Crippen molar-refractivity contribution in [1.82, 2.24) is 5.32 Å². The highest BCUT2D eigenvalue weighted by molar-refractivity contribution is 6.00. The van der Waals surface area contributed by atoms with Crippen LogP contribution in [0, 0.1) is 0 Å². The molecule has 1 aliphatic carbocycles. The predicted octanol–water partition coefficient (Wildman–Crippen LogP) is 2.37. The van der Waals surface area contributed by atoms with E-state index in [1.807, 2.05) is 12.1 Å². The lowest BCUT2D eigenvalue weighted by atomic mass is 9.95. The van der Waals surface area contributed by atoms with Crippen molar-refractivity contribution in [1.29, 1.82) is 0 Å². The van der Waals surface area contributed by atoms with Gasteiger partial charge in [-0.1, -0.05) is 19.3 Å². The van der Waals surface area contributed by atoms with Gasteiger partial charge in [0.1, 0.15) is 0 Å². The molecule has 0 aromatic heterocycles. The number of benzene rings is 1. The molecule has 0 spiro atoms. The molecule has 1 fully saturated rings. The Balaban J connectivity index is 2.17. The van der Waals surface area contributed by atoms with Crippen molar-refractivity contribution in [3.05, 3.63) is 23.8 Å². The third kappa shape index (κ3) is 2.94. The maximum Gasteiger partial charge on any atom is 0.253 e. The van der Waals surface area contributed by atoms with Crippen LogP contribution in [0.4, 0.5) is 11.4 Å². The normalized spacial score (nSPS) is 16.3. The smallest absolute Gasteiger partial charge is 0.253 e. The molecule has 0 aliphatic heterocycles. The van der Waals surface area contributed by atoms with Crippen LogP contribution in [0.2, 0.25) is 0 Å². The lowest BCUT2D eigenvalue weighted by Crippen LogP contribution is -2.25. The molecule has 0 unspecified atom stereocenters. The summed E-state index contributed by atoms with van der Waals surface area (Å²) < 4.78 is 0. The van der Waals surface area contributed by atoms with Crippen LogP contribution < -0.4 is 16.4 Å². The van der Waals surface area contributed by atoms with Gasteiger partial charge in [-0.25, -0.2) is 0 Å². The van der Waals surface area contributed by atoms with Gasteiger partial charge in [-0.3, -0.25) is 4.79 Å². The standard InChI is InChI=1S/C14H21N3O/c1-16-14(18)12-9-10(15)7-8-13(12)17-11-5-3-2-4-6-11/h7-9,11,17H,2-6,15H2,1H3,(H,16,18). The van der Waals surface area contributed by atoms with Gasteiger partial charge in [-0.15, -0.1) is 0 Å². The molecule has 1 aliphatic rings. The Kier molecular flexibility index (Phi) is 4.07. The van der Waals surface area contributed by atoms with Crippen molar-refractivity contribution in [2.24, 2.45) is 0 Å². The maximum atomic E-state index is 11.8.